The normalized spacial score (nSPS) is 11.0. The molecule has 0 saturated heterocycles. The number of halogens is 1. The molecule has 90 valence electrons. The van der Waals surface area contributed by atoms with Crippen LogP contribution in [0.2, 0.25) is 0 Å². The van der Waals surface area contributed by atoms with E-state index in [0.717, 1.165) is 14.5 Å². The Morgan fingerprint density at radius 3 is 2.89 bits per heavy atom. The van der Waals surface area contributed by atoms with Crippen molar-refractivity contribution < 1.29 is 4.79 Å². The van der Waals surface area contributed by atoms with Crippen LogP contribution in [0, 0.1) is 3.57 Å². The largest absolute Gasteiger partial charge is 0.283 e. The molecule has 0 atom stereocenters. The van der Waals surface area contributed by atoms with Gasteiger partial charge in [-0.3, -0.25) is 14.0 Å². The Morgan fingerprint density at radius 1 is 1.33 bits per heavy atom. The van der Waals surface area contributed by atoms with Gasteiger partial charge in [-0.15, -0.1) is 0 Å². The van der Waals surface area contributed by atoms with Crippen LogP contribution in [0.4, 0.5) is 0 Å². The van der Waals surface area contributed by atoms with Gasteiger partial charge < -0.3 is 0 Å². The van der Waals surface area contributed by atoms with Crippen molar-refractivity contribution in [2.75, 3.05) is 0 Å². The van der Waals surface area contributed by atoms with E-state index in [1.807, 2.05) is 24.3 Å². The van der Waals surface area contributed by atoms with Gasteiger partial charge in [-0.2, -0.15) is 5.10 Å². The third kappa shape index (κ3) is 1.84. The summed E-state index contributed by atoms with van der Waals surface area (Å²) < 4.78 is 4.40. The van der Waals surface area contributed by atoms with Gasteiger partial charge in [0, 0.05) is 28.4 Å². The zero-order valence-corrected chi connectivity index (χ0v) is 11.8. The SMILES string of the molecule is Cn1cc(C(=O)n2ccc3ccc(I)cc32)cn1. The lowest BCUT2D eigenvalue weighted by atomic mass is 10.2. The number of carbonyl (C=O) groups is 1. The summed E-state index contributed by atoms with van der Waals surface area (Å²) in [7, 11) is 1.80. The number of nitrogens with zero attached hydrogens (tertiary/aromatic N) is 3. The van der Waals surface area contributed by atoms with E-state index in [-0.39, 0.29) is 5.91 Å². The topological polar surface area (TPSA) is 39.8 Å². The molecule has 0 saturated carbocycles. The van der Waals surface area contributed by atoms with Crippen LogP contribution in [0.15, 0.2) is 42.9 Å². The lowest BCUT2D eigenvalue weighted by Crippen LogP contribution is -2.09. The first-order valence-electron chi connectivity index (χ1n) is 5.45. The van der Waals surface area contributed by atoms with Crippen molar-refractivity contribution in [2.45, 2.75) is 0 Å². The van der Waals surface area contributed by atoms with Crippen LogP contribution < -0.4 is 0 Å². The van der Waals surface area contributed by atoms with E-state index >= 15 is 0 Å². The molecule has 0 aliphatic carbocycles. The van der Waals surface area contributed by atoms with Crippen LogP contribution in [-0.4, -0.2) is 20.3 Å². The smallest absolute Gasteiger partial charge is 0.265 e. The van der Waals surface area contributed by atoms with Crippen molar-refractivity contribution in [3.05, 3.63) is 52.0 Å². The van der Waals surface area contributed by atoms with Crippen molar-refractivity contribution >= 4 is 39.4 Å². The average molecular weight is 351 g/mol. The Morgan fingerprint density at radius 2 is 2.17 bits per heavy atom. The number of rotatable bonds is 1. The van der Waals surface area contributed by atoms with Crippen molar-refractivity contribution in [1.82, 2.24) is 14.3 Å². The standard InChI is InChI=1S/C13H10IN3O/c1-16-8-10(7-15-16)13(18)17-5-4-9-2-3-11(14)6-12(9)17/h2-8H,1H3. The monoisotopic (exact) mass is 351 g/mol. The first-order valence-corrected chi connectivity index (χ1v) is 6.53. The fraction of sp³-hybridized carbons (Fsp3) is 0.0769. The minimum absolute atomic E-state index is 0.0555. The number of aromatic nitrogens is 3. The van der Waals surface area contributed by atoms with E-state index in [4.69, 9.17) is 0 Å². The van der Waals surface area contributed by atoms with Gasteiger partial charge in [0.15, 0.2) is 0 Å². The molecule has 3 rings (SSSR count). The highest BCUT2D eigenvalue weighted by molar-refractivity contribution is 14.1. The third-order valence-electron chi connectivity index (χ3n) is 2.83. The first-order chi connectivity index (χ1) is 8.65. The van der Waals surface area contributed by atoms with E-state index in [1.165, 1.54) is 0 Å². The second-order valence-corrected chi connectivity index (χ2v) is 5.34. The van der Waals surface area contributed by atoms with Crippen LogP contribution in [0.5, 0.6) is 0 Å². The van der Waals surface area contributed by atoms with Crippen LogP contribution in [0.1, 0.15) is 10.4 Å². The minimum atomic E-state index is -0.0555. The Hall–Kier alpha value is -1.63. The molecule has 5 heteroatoms. The van der Waals surface area contributed by atoms with Crippen molar-refractivity contribution in [3.63, 3.8) is 0 Å². The zero-order chi connectivity index (χ0) is 12.7. The summed E-state index contributed by atoms with van der Waals surface area (Å²) in [4.78, 5) is 12.4. The van der Waals surface area contributed by atoms with E-state index in [2.05, 4.69) is 27.7 Å². The van der Waals surface area contributed by atoms with Gasteiger partial charge in [0.25, 0.3) is 5.91 Å². The lowest BCUT2D eigenvalue weighted by Gasteiger charge is -2.02. The summed E-state index contributed by atoms with van der Waals surface area (Å²) >= 11 is 2.24. The van der Waals surface area contributed by atoms with Gasteiger partial charge in [0.05, 0.1) is 17.3 Å². The van der Waals surface area contributed by atoms with Crippen molar-refractivity contribution in [1.29, 1.82) is 0 Å². The molecule has 0 bridgehead atoms. The second-order valence-electron chi connectivity index (χ2n) is 4.10. The minimum Gasteiger partial charge on any atom is -0.283 e. The molecule has 0 amide bonds. The quantitative estimate of drug-likeness (QED) is 0.633. The highest BCUT2D eigenvalue weighted by Crippen LogP contribution is 2.19. The maximum Gasteiger partial charge on any atom is 0.265 e. The lowest BCUT2D eigenvalue weighted by molar-refractivity contribution is 0.0965. The maximum atomic E-state index is 12.4. The van der Waals surface area contributed by atoms with Crippen LogP contribution in [0.25, 0.3) is 10.9 Å². The molecular weight excluding hydrogens is 341 g/mol. The summed E-state index contributed by atoms with van der Waals surface area (Å²) in [6, 6.07) is 8.00. The predicted octanol–water partition coefficient (Wildman–Crippen LogP) is 2.67. The molecule has 4 nitrogen and oxygen atoms in total. The molecule has 1 aromatic carbocycles. The zero-order valence-electron chi connectivity index (χ0n) is 9.67. The van der Waals surface area contributed by atoms with Crippen LogP contribution >= 0.6 is 22.6 Å². The van der Waals surface area contributed by atoms with Gasteiger partial charge in [-0.05, 0) is 40.8 Å². The molecule has 0 spiro atoms. The van der Waals surface area contributed by atoms with Gasteiger partial charge in [-0.1, -0.05) is 6.07 Å². The number of carbonyl (C=O) groups excluding carboxylic acids is 1. The molecule has 0 fully saturated rings. The Labute approximate surface area is 117 Å². The molecule has 3 aromatic rings. The molecule has 2 heterocycles. The number of hydrogen-bond donors (Lipinski definition) is 0. The molecule has 0 unspecified atom stereocenters. The Kier molecular flexibility index (Phi) is 2.70. The van der Waals surface area contributed by atoms with E-state index in [9.17, 15) is 4.79 Å². The summed E-state index contributed by atoms with van der Waals surface area (Å²) in [5, 5.41) is 5.09. The number of aryl methyl sites for hydroxylation is 1. The van der Waals surface area contributed by atoms with Crippen molar-refractivity contribution in [2.24, 2.45) is 7.05 Å². The molecule has 2 aromatic heterocycles. The number of hydrogen-bond acceptors (Lipinski definition) is 2. The Bertz CT molecular complexity index is 742. The second kappa shape index (κ2) is 4.24. The third-order valence-corrected chi connectivity index (χ3v) is 3.50. The van der Waals surface area contributed by atoms with Gasteiger partial charge >= 0.3 is 0 Å². The molecule has 0 aliphatic rings. The van der Waals surface area contributed by atoms with Crippen LogP contribution in [0.3, 0.4) is 0 Å². The van der Waals surface area contributed by atoms with Gasteiger partial charge in [0.1, 0.15) is 0 Å². The molecule has 0 N–H and O–H groups in total. The van der Waals surface area contributed by atoms with Gasteiger partial charge in [-0.25, -0.2) is 0 Å². The summed E-state index contributed by atoms with van der Waals surface area (Å²) in [5.74, 6) is -0.0555. The fourth-order valence-electron chi connectivity index (χ4n) is 1.95. The maximum absolute atomic E-state index is 12.4. The Balaban J connectivity index is 2.14. The van der Waals surface area contributed by atoms with Gasteiger partial charge in [0.2, 0.25) is 0 Å². The molecular formula is C13H10IN3O. The number of benzene rings is 1. The molecule has 0 aliphatic heterocycles. The average Bonchev–Trinajstić information content (AvgIpc) is 2.94. The van der Waals surface area contributed by atoms with E-state index in [1.54, 1.807) is 34.9 Å². The highest BCUT2D eigenvalue weighted by atomic mass is 127. The summed E-state index contributed by atoms with van der Waals surface area (Å²) in [6.45, 7) is 0. The van der Waals surface area contributed by atoms with E-state index in [0.29, 0.717) is 5.56 Å². The first kappa shape index (κ1) is 11.5. The molecule has 18 heavy (non-hydrogen) atoms. The highest BCUT2D eigenvalue weighted by Gasteiger charge is 2.13. The van der Waals surface area contributed by atoms with E-state index < -0.39 is 0 Å². The fourth-order valence-corrected chi connectivity index (χ4v) is 2.42. The van der Waals surface area contributed by atoms with Crippen molar-refractivity contribution in [3.8, 4) is 0 Å². The molecule has 0 radical (unpaired) electrons. The summed E-state index contributed by atoms with van der Waals surface area (Å²) in [6.07, 6.45) is 5.11. The predicted molar refractivity (Wildman–Crippen MR) is 77.6 cm³/mol. The number of fused-ring (bicyclic) bond motifs is 1. The van der Waals surface area contributed by atoms with Crippen LogP contribution in [-0.2, 0) is 7.05 Å². The summed E-state index contributed by atoms with van der Waals surface area (Å²) in [5.41, 5.74) is 1.52.